The van der Waals surface area contributed by atoms with Crippen LogP contribution in [0.1, 0.15) is 23.1 Å². The fraction of sp³-hybridized carbons (Fsp3) is 0.467. The van der Waals surface area contributed by atoms with Crippen LogP contribution in [0.3, 0.4) is 0 Å². The first-order valence-corrected chi connectivity index (χ1v) is 7.40. The molecule has 0 bridgehead atoms. The predicted molar refractivity (Wildman–Crippen MR) is 85.7 cm³/mol. The van der Waals surface area contributed by atoms with Crippen molar-refractivity contribution in [3.05, 3.63) is 47.8 Å². The number of nitrogens with one attached hydrogen (secondary N) is 1. The van der Waals surface area contributed by atoms with Gasteiger partial charge >= 0.3 is 6.18 Å². The molecule has 2 aromatic heterocycles. The summed E-state index contributed by atoms with van der Waals surface area (Å²) in [7, 11) is 1.89. The van der Waals surface area contributed by atoms with E-state index in [1.165, 1.54) is 12.3 Å². The molecule has 0 aromatic carbocycles. The lowest BCUT2D eigenvalue weighted by molar-refractivity contribution is -0.138. The van der Waals surface area contributed by atoms with Crippen molar-refractivity contribution < 1.29 is 13.2 Å². The number of imidazole rings is 1. The smallest absolute Gasteiger partial charge is 0.337 e. The van der Waals surface area contributed by atoms with Crippen LogP contribution >= 0.6 is 12.4 Å². The van der Waals surface area contributed by atoms with Crippen LogP contribution in [0.25, 0.3) is 0 Å². The molecule has 0 spiro atoms. The quantitative estimate of drug-likeness (QED) is 0.912. The number of hydrogen-bond acceptors (Lipinski definition) is 4. The van der Waals surface area contributed by atoms with Gasteiger partial charge in [0.1, 0.15) is 5.82 Å². The van der Waals surface area contributed by atoms with Crippen LogP contribution in [0, 0.1) is 0 Å². The van der Waals surface area contributed by atoms with E-state index < -0.39 is 11.7 Å². The summed E-state index contributed by atoms with van der Waals surface area (Å²) < 4.78 is 41.3. The summed E-state index contributed by atoms with van der Waals surface area (Å²) in [6.07, 6.45) is 0.549. The monoisotopic (exact) mass is 361 g/mol. The molecule has 1 aliphatic heterocycles. The predicted octanol–water partition coefficient (Wildman–Crippen LogP) is 2.40. The number of hydrogen-bond donors (Lipinski definition) is 1. The third kappa shape index (κ3) is 3.88. The van der Waals surface area contributed by atoms with E-state index in [2.05, 4.69) is 15.3 Å². The van der Waals surface area contributed by atoms with Gasteiger partial charge in [0.05, 0.1) is 17.3 Å². The average molecular weight is 362 g/mol. The average Bonchev–Trinajstić information content (AvgIpc) is 2.93. The molecule has 1 N–H and O–H groups in total. The molecular formula is C15H19ClF3N5. The maximum absolute atomic E-state index is 13.1. The Morgan fingerprint density at radius 3 is 2.75 bits per heavy atom. The zero-order valence-corrected chi connectivity index (χ0v) is 13.9. The fourth-order valence-corrected chi connectivity index (χ4v) is 2.90. The van der Waals surface area contributed by atoms with E-state index in [0.29, 0.717) is 13.1 Å². The highest BCUT2D eigenvalue weighted by Gasteiger charge is 2.35. The molecule has 1 fully saturated rings. The maximum Gasteiger partial charge on any atom is 0.418 e. The van der Waals surface area contributed by atoms with E-state index in [1.54, 1.807) is 6.20 Å². The van der Waals surface area contributed by atoms with E-state index >= 15 is 0 Å². The summed E-state index contributed by atoms with van der Waals surface area (Å²) in [5, 5.41) is 3.27. The number of nitrogens with zero attached hydrogens (tertiary/aromatic N) is 4. The lowest BCUT2D eigenvalue weighted by Gasteiger charge is -2.35. The number of alkyl halides is 3. The number of aromatic nitrogens is 3. The van der Waals surface area contributed by atoms with Crippen LogP contribution in [-0.4, -0.2) is 39.1 Å². The van der Waals surface area contributed by atoms with Crippen LogP contribution in [-0.2, 0) is 19.8 Å². The second-order valence-corrected chi connectivity index (χ2v) is 5.58. The van der Waals surface area contributed by atoms with Gasteiger partial charge in [-0.25, -0.2) is 4.98 Å². The highest BCUT2D eigenvalue weighted by molar-refractivity contribution is 5.85. The number of piperazine rings is 1. The highest BCUT2D eigenvalue weighted by Crippen LogP contribution is 2.32. The van der Waals surface area contributed by atoms with Crippen LogP contribution in [0.15, 0.2) is 30.7 Å². The zero-order valence-electron chi connectivity index (χ0n) is 13.1. The minimum atomic E-state index is -4.39. The standard InChI is InChI=1S/C15H18F3N5.ClH/c1-22-7-6-21-14(22)13-9-19-5-8-23(13)10-12-11(15(16,17)18)3-2-4-20-12;/h2-4,6-7,13,19H,5,8-10H2,1H3;1H. The van der Waals surface area contributed by atoms with Crippen LogP contribution in [0.2, 0.25) is 0 Å². The van der Waals surface area contributed by atoms with Crippen molar-refractivity contribution in [3.63, 3.8) is 0 Å². The van der Waals surface area contributed by atoms with Crippen LogP contribution in [0.5, 0.6) is 0 Å². The number of rotatable bonds is 3. The second kappa shape index (κ2) is 7.50. The lowest BCUT2D eigenvalue weighted by Crippen LogP contribution is -2.46. The molecular weight excluding hydrogens is 343 g/mol. The summed E-state index contributed by atoms with van der Waals surface area (Å²) in [6, 6.07) is 2.33. The summed E-state index contributed by atoms with van der Waals surface area (Å²) in [6.45, 7) is 2.18. The van der Waals surface area contributed by atoms with Gasteiger partial charge in [-0.2, -0.15) is 13.2 Å². The number of aryl methyl sites for hydroxylation is 1. The number of pyridine rings is 1. The van der Waals surface area contributed by atoms with E-state index in [1.807, 2.05) is 22.7 Å². The second-order valence-electron chi connectivity index (χ2n) is 5.58. The summed E-state index contributed by atoms with van der Waals surface area (Å²) >= 11 is 0. The Morgan fingerprint density at radius 2 is 2.08 bits per heavy atom. The molecule has 0 radical (unpaired) electrons. The molecule has 1 atom stereocenters. The zero-order chi connectivity index (χ0) is 16.4. The van der Waals surface area contributed by atoms with Crippen molar-refractivity contribution in [2.45, 2.75) is 18.8 Å². The minimum absolute atomic E-state index is 0. The van der Waals surface area contributed by atoms with Crippen molar-refractivity contribution in [2.24, 2.45) is 7.05 Å². The van der Waals surface area contributed by atoms with E-state index in [4.69, 9.17) is 0 Å². The Bertz CT molecular complexity index is 673. The molecule has 9 heteroatoms. The SMILES string of the molecule is Cl.Cn1ccnc1C1CNCCN1Cc1ncccc1C(F)(F)F. The molecule has 132 valence electrons. The van der Waals surface area contributed by atoms with Gasteiger partial charge in [-0.3, -0.25) is 9.88 Å². The molecule has 1 unspecified atom stereocenters. The molecule has 3 rings (SSSR count). The topological polar surface area (TPSA) is 46.0 Å². The Labute approximate surface area is 144 Å². The van der Waals surface area contributed by atoms with Gasteiger partial charge in [-0.1, -0.05) is 0 Å². The van der Waals surface area contributed by atoms with Gasteiger partial charge in [-0.15, -0.1) is 12.4 Å². The van der Waals surface area contributed by atoms with Crippen molar-refractivity contribution in [1.29, 1.82) is 0 Å². The van der Waals surface area contributed by atoms with Crippen molar-refractivity contribution in [2.75, 3.05) is 19.6 Å². The van der Waals surface area contributed by atoms with Gasteiger partial charge in [0.15, 0.2) is 0 Å². The van der Waals surface area contributed by atoms with Crippen molar-refractivity contribution in [1.82, 2.24) is 24.8 Å². The summed E-state index contributed by atoms with van der Waals surface area (Å²) in [5.74, 6) is 0.835. The third-order valence-corrected chi connectivity index (χ3v) is 4.06. The third-order valence-electron chi connectivity index (χ3n) is 4.06. The highest BCUT2D eigenvalue weighted by atomic mass is 35.5. The van der Waals surface area contributed by atoms with Gasteiger partial charge < -0.3 is 9.88 Å². The van der Waals surface area contributed by atoms with Gasteiger partial charge in [-0.05, 0) is 12.1 Å². The molecule has 24 heavy (non-hydrogen) atoms. The maximum atomic E-state index is 13.1. The molecule has 1 aliphatic rings. The van der Waals surface area contributed by atoms with Gasteiger partial charge in [0.2, 0.25) is 0 Å². The van der Waals surface area contributed by atoms with E-state index in [9.17, 15) is 13.2 Å². The number of halogens is 4. The molecule has 0 saturated carbocycles. The van der Waals surface area contributed by atoms with Gasteiger partial charge in [0, 0.05) is 51.8 Å². The molecule has 5 nitrogen and oxygen atoms in total. The molecule has 0 aliphatic carbocycles. The van der Waals surface area contributed by atoms with Crippen LogP contribution < -0.4 is 5.32 Å². The Morgan fingerprint density at radius 1 is 1.29 bits per heavy atom. The first-order valence-electron chi connectivity index (χ1n) is 7.40. The first-order chi connectivity index (χ1) is 11.0. The van der Waals surface area contributed by atoms with Gasteiger partial charge in [0.25, 0.3) is 0 Å². The summed E-state index contributed by atoms with van der Waals surface area (Å²) in [5.41, 5.74) is -0.613. The summed E-state index contributed by atoms with van der Waals surface area (Å²) in [4.78, 5) is 10.3. The van der Waals surface area contributed by atoms with Crippen molar-refractivity contribution in [3.8, 4) is 0 Å². The Kier molecular flexibility index (Phi) is 5.84. The molecule has 3 heterocycles. The van der Waals surface area contributed by atoms with Crippen LogP contribution in [0.4, 0.5) is 13.2 Å². The van der Waals surface area contributed by atoms with E-state index in [-0.39, 0.29) is 30.7 Å². The molecule has 1 saturated heterocycles. The normalized spacial score (nSPS) is 19.1. The Hall–Kier alpha value is -1.64. The lowest BCUT2D eigenvalue weighted by atomic mass is 10.1. The largest absolute Gasteiger partial charge is 0.418 e. The fourth-order valence-electron chi connectivity index (χ4n) is 2.90. The van der Waals surface area contributed by atoms with Crippen molar-refractivity contribution >= 4 is 12.4 Å². The minimum Gasteiger partial charge on any atom is -0.337 e. The molecule has 2 aromatic rings. The van der Waals surface area contributed by atoms with E-state index in [0.717, 1.165) is 18.4 Å². The Balaban J connectivity index is 0.00000208. The first kappa shape index (κ1) is 18.7. The molecule has 0 amide bonds.